The number of nitriles is 1. The van der Waals surface area contributed by atoms with E-state index in [4.69, 9.17) is 46.1 Å². The van der Waals surface area contributed by atoms with Crippen molar-refractivity contribution in [2.45, 2.75) is 56.7 Å². The van der Waals surface area contributed by atoms with E-state index in [1.54, 1.807) is 0 Å². The summed E-state index contributed by atoms with van der Waals surface area (Å²) in [5, 5.41) is 30.0. The monoisotopic (exact) mass is 759 g/mol. The number of likely N-dealkylation sites (N-methyl/N-ethyl adjacent to an activating group) is 1. The molecule has 0 aliphatic carbocycles. The number of piperazine rings is 1. The van der Waals surface area contributed by atoms with Crippen LogP contribution in [-0.2, 0) is 22.6 Å². The number of aliphatic carboxylic acids is 2. The molecule has 1 aromatic heterocycles. The van der Waals surface area contributed by atoms with Crippen LogP contribution in [0.15, 0.2) is 36.4 Å². The van der Waals surface area contributed by atoms with Crippen molar-refractivity contribution in [1.29, 1.82) is 5.26 Å². The number of aromatic nitrogens is 2. The summed E-state index contributed by atoms with van der Waals surface area (Å²) in [6.45, 7) is 5.65. The Bertz CT molecular complexity index is 1740. The molecule has 0 bridgehead atoms. The summed E-state index contributed by atoms with van der Waals surface area (Å²) in [6.07, 6.45) is -6.51. The largest absolute Gasteiger partial charge is 0.490 e. The third-order valence-electron chi connectivity index (χ3n) is 8.65. The van der Waals surface area contributed by atoms with Crippen LogP contribution in [0.25, 0.3) is 10.8 Å². The predicted molar refractivity (Wildman–Crippen MR) is 179 cm³/mol. The van der Waals surface area contributed by atoms with Crippen molar-refractivity contribution in [3.05, 3.63) is 52.7 Å². The molecular weight excluding hydrogens is 724 g/mol. The van der Waals surface area contributed by atoms with Gasteiger partial charge in [-0.3, -0.25) is 0 Å². The number of carboxylic acid groups (broad SMARTS) is 2. The molecule has 3 N–H and O–H groups in total. The second-order valence-corrected chi connectivity index (χ2v) is 12.6. The molecule has 3 aliphatic rings. The molecule has 0 radical (unpaired) electrons. The first-order valence-corrected chi connectivity index (χ1v) is 16.5. The molecule has 2 aromatic carbocycles. The smallest absolute Gasteiger partial charge is 0.475 e. The van der Waals surface area contributed by atoms with Crippen molar-refractivity contribution in [3.63, 3.8) is 0 Å². The summed E-state index contributed by atoms with van der Waals surface area (Å²) in [5.74, 6) is -4.55. The molecule has 4 heterocycles. The predicted octanol–water partition coefficient (Wildman–Crippen LogP) is 5.28. The molecule has 19 heteroatoms. The highest BCUT2D eigenvalue weighted by atomic mass is 35.5. The van der Waals surface area contributed by atoms with Gasteiger partial charge in [-0.1, -0.05) is 35.9 Å². The third kappa shape index (κ3) is 10.5. The zero-order valence-corrected chi connectivity index (χ0v) is 28.6. The van der Waals surface area contributed by atoms with E-state index in [0.717, 1.165) is 78.6 Å². The maximum Gasteiger partial charge on any atom is 0.490 e. The minimum Gasteiger partial charge on any atom is -0.475 e. The summed E-state index contributed by atoms with van der Waals surface area (Å²) in [7, 11) is 2.16. The fourth-order valence-corrected chi connectivity index (χ4v) is 6.36. The van der Waals surface area contributed by atoms with Crippen molar-refractivity contribution in [2.24, 2.45) is 0 Å². The number of carbonyl (C=O) groups is 2. The van der Waals surface area contributed by atoms with Gasteiger partial charge in [0.15, 0.2) is 0 Å². The average molecular weight is 760 g/mol. The number of rotatable bonds is 6. The maximum atomic E-state index is 10.6. The molecule has 12 nitrogen and oxygen atoms in total. The van der Waals surface area contributed by atoms with E-state index in [1.165, 1.54) is 12.0 Å². The van der Waals surface area contributed by atoms with Crippen LogP contribution in [0.3, 0.4) is 0 Å². The summed E-state index contributed by atoms with van der Waals surface area (Å²) < 4.78 is 69.7. The molecule has 2 saturated heterocycles. The molecule has 3 aliphatic heterocycles. The maximum absolute atomic E-state index is 10.6. The minimum absolute atomic E-state index is 0.133. The molecule has 6 rings (SSSR count). The highest BCUT2D eigenvalue weighted by Gasteiger charge is 2.39. The van der Waals surface area contributed by atoms with Gasteiger partial charge < -0.3 is 35.0 Å². The number of ether oxygens (including phenoxy) is 1. The first-order chi connectivity index (χ1) is 24.5. The highest BCUT2D eigenvalue weighted by molar-refractivity contribution is 6.36. The standard InChI is InChI=1S/C29H34ClN7O.2C2HF3O2/c1-35-14-4-7-22(35)19-38-29-33-25-18-36(26-9-3-6-20-5-2-8-24(30)27(20)26)15-11-23(25)28(34-29)37-16-13-32-21(17-37)10-12-31;2*3-2(4,5)1(6)7/h2-3,5-6,8-9,21-22,32H,4,7,10-11,13-19H2,1H3;2*(H,6,7)/t21-,22-;;/m0../s1. The van der Waals surface area contributed by atoms with E-state index in [0.29, 0.717) is 31.6 Å². The zero-order chi connectivity index (χ0) is 38.2. The van der Waals surface area contributed by atoms with Crippen LogP contribution in [0.4, 0.5) is 37.8 Å². The number of hydrogen-bond donors (Lipinski definition) is 3. The van der Waals surface area contributed by atoms with Crippen molar-refractivity contribution < 1.29 is 50.9 Å². The van der Waals surface area contributed by atoms with Crippen LogP contribution >= 0.6 is 11.6 Å². The van der Waals surface area contributed by atoms with E-state index < -0.39 is 24.3 Å². The van der Waals surface area contributed by atoms with E-state index in [2.05, 4.69) is 57.4 Å². The Kier molecular flexibility index (Phi) is 13.3. The van der Waals surface area contributed by atoms with Crippen LogP contribution in [-0.4, -0.2) is 108 Å². The molecule has 0 saturated carbocycles. The summed E-state index contributed by atoms with van der Waals surface area (Å²) in [5.41, 5.74) is 3.33. The number of halogens is 7. The molecule has 52 heavy (non-hydrogen) atoms. The van der Waals surface area contributed by atoms with Crippen LogP contribution < -0.4 is 19.9 Å². The molecule has 2 fully saturated rings. The summed E-state index contributed by atoms with van der Waals surface area (Å²) in [4.78, 5) is 34.8. The number of alkyl halides is 6. The lowest BCUT2D eigenvalue weighted by molar-refractivity contribution is -0.193. The van der Waals surface area contributed by atoms with Gasteiger partial charge in [-0.15, -0.1) is 0 Å². The summed E-state index contributed by atoms with van der Waals surface area (Å²) in [6, 6.07) is 15.7. The molecule has 0 spiro atoms. The third-order valence-corrected chi connectivity index (χ3v) is 8.96. The minimum atomic E-state index is -5.08. The van der Waals surface area contributed by atoms with Crippen molar-refractivity contribution in [2.75, 3.05) is 56.2 Å². The topological polar surface area (TPSA) is 155 Å². The number of likely N-dealkylation sites (tertiary alicyclic amines) is 1. The molecule has 3 aromatic rings. The van der Waals surface area contributed by atoms with E-state index in [-0.39, 0.29) is 6.04 Å². The van der Waals surface area contributed by atoms with E-state index >= 15 is 0 Å². The first-order valence-electron chi connectivity index (χ1n) is 16.1. The Morgan fingerprint density at radius 1 is 1.02 bits per heavy atom. The molecule has 2 atom stereocenters. The number of nitrogens with one attached hydrogen (secondary N) is 1. The number of carboxylic acids is 2. The normalized spacial score (nSPS) is 19.1. The lowest BCUT2D eigenvalue weighted by atomic mass is 10.0. The number of benzene rings is 2. The number of nitrogens with zero attached hydrogens (tertiary/aromatic N) is 6. The molecular formula is C33H36ClF6N7O5. The molecule has 282 valence electrons. The van der Waals surface area contributed by atoms with Gasteiger partial charge in [-0.25, -0.2) is 9.59 Å². The first kappa shape index (κ1) is 40.2. The van der Waals surface area contributed by atoms with Gasteiger partial charge in [-0.2, -0.15) is 41.6 Å². The van der Waals surface area contributed by atoms with Gasteiger partial charge in [0.05, 0.1) is 29.8 Å². The Balaban J connectivity index is 0.000000367. The Labute approximate surface area is 299 Å². The fourth-order valence-electron chi connectivity index (χ4n) is 6.09. The lowest BCUT2D eigenvalue weighted by Crippen LogP contribution is -2.51. The number of fused-ring (bicyclic) bond motifs is 2. The van der Waals surface area contributed by atoms with Gasteiger partial charge in [0, 0.05) is 54.9 Å². The van der Waals surface area contributed by atoms with Gasteiger partial charge >= 0.3 is 30.3 Å². The van der Waals surface area contributed by atoms with Gasteiger partial charge in [0.1, 0.15) is 12.4 Å². The SMILES string of the molecule is CN1CCC[C@H]1COc1nc2c(c(N3CCN[C@@H](CC#N)C3)n1)CCN(c1cccc3cccc(Cl)c13)C2.O=C(O)C(F)(F)F.O=C(O)C(F)(F)F. The van der Waals surface area contributed by atoms with Crippen molar-refractivity contribution in [3.8, 4) is 12.1 Å². The van der Waals surface area contributed by atoms with Gasteiger partial charge in [0.2, 0.25) is 0 Å². The van der Waals surface area contributed by atoms with Gasteiger partial charge in [0.25, 0.3) is 0 Å². The second-order valence-electron chi connectivity index (χ2n) is 12.2. The van der Waals surface area contributed by atoms with E-state index in [1.807, 2.05) is 12.1 Å². The molecule has 0 amide bonds. The summed E-state index contributed by atoms with van der Waals surface area (Å²) >= 11 is 6.68. The van der Waals surface area contributed by atoms with Crippen molar-refractivity contribution in [1.82, 2.24) is 20.2 Å². The Morgan fingerprint density at radius 2 is 1.67 bits per heavy atom. The van der Waals surface area contributed by atoms with E-state index in [9.17, 15) is 31.6 Å². The second kappa shape index (κ2) is 17.3. The molecule has 0 unspecified atom stereocenters. The number of hydrogen-bond acceptors (Lipinski definition) is 10. The van der Waals surface area contributed by atoms with Crippen LogP contribution in [0.2, 0.25) is 5.02 Å². The highest BCUT2D eigenvalue weighted by Crippen LogP contribution is 2.37. The van der Waals surface area contributed by atoms with Crippen molar-refractivity contribution >= 4 is 45.8 Å². The van der Waals surface area contributed by atoms with Crippen LogP contribution in [0.1, 0.15) is 30.5 Å². The zero-order valence-electron chi connectivity index (χ0n) is 27.8. The van der Waals surface area contributed by atoms with Crippen LogP contribution in [0, 0.1) is 11.3 Å². The fraction of sp³-hybridized carbons (Fsp3) is 0.485. The van der Waals surface area contributed by atoms with Crippen LogP contribution in [0.5, 0.6) is 6.01 Å². The quantitative estimate of drug-likeness (QED) is 0.280. The van der Waals surface area contributed by atoms with Gasteiger partial charge in [-0.05, 0) is 50.4 Å². The lowest BCUT2D eigenvalue weighted by Gasteiger charge is -2.37. The average Bonchev–Trinajstić information content (AvgIpc) is 3.50. The Hall–Kier alpha value is -4.60. The Morgan fingerprint density at radius 3 is 2.27 bits per heavy atom. The number of anilines is 2.